The molecule has 0 bridgehead atoms. The summed E-state index contributed by atoms with van der Waals surface area (Å²) in [7, 11) is -1.17. The Balaban J connectivity index is 1.92. The van der Waals surface area contributed by atoms with Gasteiger partial charge in [-0.1, -0.05) is 0 Å². The van der Waals surface area contributed by atoms with Gasteiger partial charge in [-0.15, -0.1) is 0 Å². The molecule has 6 heteroatoms. The van der Waals surface area contributed by atoms with Crippen LogP contribution in [0.25, 0.3) is 0 Å². The highest BCUT2D eigenvalue weighted by Crippen LogP contribution is 2.28. The van der Waals surface area contributed by atoms with Crippen molar-refractivity contribution in [1.29, 1.82) is 0 Å². The van der Waals surface area contributed by atoms with Crippen LogP contribution in [-0.4, -0.2) is 46.7 Å². The number of methoxy groups -OCH3 is 1. The Morgan fingerprint density at radius 2 is 2.40 bits per heavy atom. The van der Waals surface area contributed by atoms with Crippen molar-refractivity contribution < 1.29 is 17.6 Å². The smallest absolute Gasteiger partial charge is 0.150 e. The maximum atomic E-state index is 11.7. The molecule has 0 aromatic carbocycles. The van der Waals surface area contributed by atoms with Crippen molar-refractivity contribution in [2.75, 3.05) is 38.3 Å². The maximum Gasteiger partial charge on any atom is 0.150 e. The lowest BCUT2D eigenvalue weighted by Gasteiger charge is -2.22. The first-order valence-corrected chi connectivity index (χ1v) is 8.85. The third-order valence-electron chi connectivity index (χ3n) is 3.87. The van der Waals surface area contributed by atoms with E-state index < -0.39 is 9.84 Å². The number of furan rings is 1. The molecule has 2 rings (SSSR count). The van der Waals surface area contributed by atoms with Gasteiger partial charge < -0.3 is 14.5 Å². The normalized spacial score (nSPS) is 22.9. The minimum absolute atomic E-state index is 0.222. The average Bonchev–Trinajstić information content (AvgIpc) is 3.02. The molecule has 0 saturated carbocycles. The van der Waals surface area contributed by atoms with E-state index >= 15 is 0 Å². The van der Waals surface area contributed by atoms with Gasteiger partial charge in [-0.25, -0.2) is 8.42 Å². The molecule has 2 unspecified atom stereocenters. The molecule has 1 fully saturated rings. The Hall–Kier alpha value is -0.850. The SMILES string of the molecule is COCCNCC(Cc1ccco1)C1CCS(=O)(=O)C1. The standard InChI is InChI=1S/C14H23NO4S/c1-18-7-5-15-10-13(9-14-3-2-6-19-14)12-4-8-20(16,17)11-12/h2-3,6,12-13,15H,4-5,7-11H2,1H3. The second-order valence-electron chi connectivity index (χ2n) is 5.40. The van der Waals surface area contributed by atoms with Crippen LogP contribution in [0, 0.1) is 11.8 Å². The lowest BCUT2D eigenvalue weighted by Crippen LogP contribution is -2.32. The summed E-state index contributed by atoms with van der Waals surface area (Å²) in [5.41, 5.74) is 0. The van der Waals surface area contributed by atoms with Crippen molar-refractivity contribution in [3.05, 3.63) is 24.2 Å². The minimum atomic E-state index is -2.84. The van der Waals surface area contributed by atoms with Gasteiger partial charge >= 0.3 is 0 Å². The number of hydrogen-bond donors (Lipinski definition) is 1. The third-order valence-corrected chi connectivity index (χ3v) is 5.66. The number of rotatable bonds is 8. The second kappa shape index (κ2) is 7.24. The van der Waals surface area contributed by atoms with Crippen LogP contribution in [-0.2, 0) is 21.0 Å². The molecule has 0 aliphatic carbocycles. The van der Waals surface area contributed by atoms with E-state index in [0.29, 0.717) is 18.1 Å². The van der Waals surface area contributed by atoms with Crippen LogP contribution in [0.3, 0.4) is 0 Å². The summed E-state index contributed by atoms with van der Waals surface area (Å²) in [6, 6.07) is 3.82. The second-order valence-corrected chi connectivity index (χ2v) is 7.63. The lowest BCUT2D eigenvalue weighted by atomic mass is 9.88. The van der Waals surface area contributed by atoms with E-state index in [4.69, 9.17) is 9.15 Å². The van der Waals surface area contributed by atoms with Gasteiger partial charge in [0.25, 0.3) is 0 Å². The molecule has 1 aromatic rings. The summed E-state index contributed by atoms with van der Waals surface area (Å²) >= 11 is 0. The van der Waals surface area contributed by atoms with E-state index in [-0.39, 0.29) is 11.8 Å². The topological polar surface area (TPSA) is 68.5 Å². The van der Waals surface area contributed by atoms with Gasteiger partial charge in [0.15, 0.2) is 9.84 Å². The maximum absolute atomic E-state index is 11.7. The quantitative estimate of drug-likeness (QED) is 0.729. The minimum Gasteiger partial charge on any atom is -0.469 e. The molecule has 1 saturated heterocycles. The summed E-state index contributed by atoms with van der Waals surface area (Å²) in [6.07, 6.45) is 3.21. The Morgan fingerprint density at radius 1 is 1.55 bits per heavy atom. The number of nitrogens with one attached hydrogen (secondary N) is 1. The van der Waals surface area contributed by atoms with Crippen molar-refractivity contribution in [2.24, 2.45) is 11.8 Å². The molecule has 0 spiro atoms. The Morgan fingerprint density at radius 3 is 3.00 bits per heavy atom. The molecule has 2 atom stereocenters. The fraction of sp³-hybridized carbons (Fsp3) is 0.714. The summed E-state index contributed by atoms with van der Waals surface area (Å²) in [4.78, 5) is 0. The van der Waals surface area contributed by atoms with Gasteiger partial charge in [0.2, 0.25) is 0 Å². The van der Waals surface area contributed by atoms with Gasteiger partial charge in [-0.05, 0) is 36.9 Å². The predicted octanol–water partition coefficient (Wildman–Crippen LogP) is 1.11. The highest BCUT2D eigenvalue weighted by molar-refractivity contribution is 7.91. The Labute approximate surface area is 120 Å². The lowest BCUT2D eigenvalue weighted by molar-refractivity contribution is 0.195. The van der Waals surface area contributed by atoms with Crippen LogP contribution in [0.2, 0.25) is 0 Å². The highest BCUT2D eigenvalue weighted by atomic mass is 32.2. The van der Waals surface area contributed by atoms with Gasteiger partial charge in [-0.3, -0.25) is 0 Å². The van der Waals surface area contributed by atoms with Crippen molar-refractivity contribution in [3.8, 4) is 0 Å². The zero-order valence-electron chi connectivity index (χ0n) is 11.9. The van der Waals surface area contributed by atoms with Crippen molar-refractivity contribution in [2.45, 2.75) is 12.8 Å². The van der Waals surface area contributed by atoms with Crippen LogP contribution >= 0.6 is 0 Å². The molecule has 1 aromatic heterocycles. The van der Waals surface area contributed by atoms with Gasteiger partial charge in [0.05, 0.1) is 24.4 Å². The largest absolute Gasteiger partial charge is 0.469 e. The van der Waals surface area contributed by atoms with Crippen LogP contribution in [0.4, 0.5) is 0 Å². The van der Waals surface area contributed by atoms with E-state index in [0.717, 1.165) is 31.7 Å². The number of hydrogen-bond acceptors (Lipinski definition) is 5. The first-order valence-electron chi connectivity index (χ1n) is 7.03. The molecule has 1 aliphatic rings. The first kappa shape index (κ1) is 15.5. The van der Waals surface area contributed by atoms with Crippen molar-refractivity contribution >= 4 is 9.84 Å². The first-order chi connectivity index (χ1) is 9.61. The molecule has 20 heavy (non-hydrogen) atoms. The number of sulfone groups is 1. The molecule has 5 nitrogen and oxygen atoms in total. The number of ether oxygens (including phenoxy) is 1. The van der Waals surface area contributed by atoms with Gasteiger partial charge in [0, 0.05) is 20.1 Å². The van der Waals surface area contributed by atoms with Crippen LogP contribution in [0.1, 0.15) is 12.2 Å². The zero-order valence-corrected chi connectivity index (χ0v) is 12.7. The third kappa shape index (κ3) is 4.61. The monoisotopic (exact) mass is 301 g/mol. The summed E-state index contributed by atoms with van der Waals surface area (Å²) < 4.78 is 33.7. The van der Waals surface area contributed by atoms with Crippen molar-refractivity contribution in [3.63, 3.8) is 0 Å². The van der Waals surface area contributed by atoms with Crippen molar-refractivity contribution in [1.82, 2.24) is 5.32 Å². The zero-order chi connectivity index (χ0) is 14.4. The predicted molar refractivity (Wildman–Crippen MR) is 77.4 cm³/mol. The molecule has 1 N–H and O–H groups in total. The molecule has 0 radical (unpaired) electrons. The van der Waals surface area contributed by atoms with Crippen LogP contribution < -0.4 is 5.32 Å². The summed E-state index contributed by atoms with van der Waals surface area (Å²) in [5.74, 6) is 2.07. The van der Waals surface area contributed by atoms with Crippen LogP contribution in [0.5, 0.6) is 0 Å². The van der Waals surface area contributed by atoms with E-state index in [1.165, 1.54) is 0 Å². The van der Waals surface area contributed by atoms with Gasteiger partial charge in [0.1, 0.15) is 5.76 Å². The molecule has 2 heterocycles. The molecule has 1 aliphatic heterocycles. The summed E-state index contributed by atoms with van der Waals surface area (Å²) in [6.45, 7) is 2.24. The highest BCUT2D eigenvalue weighted by Gasteiger charge is 2.33. The van der Waals surface area contributed by atoms with Gasteiger partial charge in [-0.2, -0.15) is 0 Å². The Kier molecular flexibility index (Phi) is 5.63. The fourth-order valence-corrected chi connectivity index (χ4v) is 4.67. The van der Waals surface area contributed by atoms with E-state index in [1.807, 2.05) is 12.1 Å². The fourth-order valence-electron chi connectivity index (χ4n) is 2.75. The summed E-state index contributed by atoms with van der Waals surface area (Å²) in [5, 5.41) is 3.34. The van der Waals surface area contributed by atoms with E-state index in [1.54, 1.807) is 13.4 Å². The van der Waals surface area contributed by atoms with Crippen LogP contribution in [0.15, 0.2) is 22.8 Å². The molecule has 114 valence electrons. The van der Waals surface area contributed by atoms with E-state index in [9.17, 15) is 8.42 Å². The Bertz CT molecular complexity index is 483. The molecular formula is C14H23NO4S. The molecular weight excluding hydrogens is 278 g/mol. The average molecular weight is 301 g/mol. The van der Waals surface area contributed by atoms with E-state index in [2.05, 4.69) is 5.32 Å². The molecule has 0 amide bonds.